The average Bonchev–Trinajstić information content (AvgIpc) is 3.21. The number of carbonyl (C=O) groups is 4. The minimum Gasteiger partial charge on any atom is -0.478 e. The van der Waals surface area contributed by atoms with Crippen molar-refractivity contribution in [1.29, 1.82) is 0 Å². The fraction of sp³-hybridized carbons (Fsp3) is 0.412. The highest BCUT2D eigenvalue weighted by molar-refractivity contribution is 6.23. The van der Waals surface area contributed by atoms with E-state index in [1.165, 1.54) is 12.1 Å². The first-order valence-electron chi connectivity index (χ1n) is 7.88. The van der Waals surface area contributed by atoms with Gasteiger partial charge in [-0.1, -0.05) is 0 Å². The average molecular weight is 329 g/mol. The fourth-order valence-corrected chi connectivity index (χ4v) is 4.65. The van der Waals surface area contributed by atoms with Crippen molar-refractivity contribution < 1.29 is 29.4 Å². The number of anilines is 1. The number of benzene rings is 1. The summed E-state index contributed by atoms with van der Waals surface area (Å²) in [5, 5.41) is 18.3. The first-order valence-corrected chi connectivity index (χ1v) is 7.88. The number of fused-ring (bicyclic) bond motifs is 5. The lowest BCUT2D eigenvalue weighted by Crippen LogP contribution is -2.33. The van der Waals surface area contributed by atoms with Gasteiger partial charge in [0.25, 0.3) is 0 Å². The van der Waals surface area contributed by atoms with Crippen molar-refractivity contribution in [2.24, 2.45) is 23.7 Å². The van der Waals surface area contributed by atoms with E-state index in [2.05, 4.69) is 0 Å². The normalized spacial score (nSPS) is 30.8. The third kappa shape index (κ3) is 1.90. The van der Waals surface area contributed by atoms with E-state index in [4.69, 9.17) is 10.2 Å². The number of hydrogen-bond donors (Lipinski definition) is 2. The molecule has 3 aliphatic rings. The Bertz CT molecular complexity index is 740. The molecule has 4 rings (SSSR count). The predicted octanol–water partition coefficient (Wildman–Crippen LogP) is 1.62. The van der Waals surface area contributed by atoms with Gasteiger partial charge in [-0.2, -0.15) is 0 Å². The summed E-state index contributed by atoms with van der Waals surface area (Å²) in [7, 11) is 0. The van der Waals surface area contributed by atoms with E-state index >= 15 is 0 Å². The van der Waals surface area contributed by atoms with Gasteiger partial charge in [-0.05, 0) is 49.3 Å². The van der Waals surface area contributed by atoms with E-state index < -0.39 is 11.9 Å². The molecule has 0 aromatic heterocycles. The smallest absolute Gasteiger partial charge is 0.335 e. The molecular formula is C17H15NO6. The van der Waals surface area contributed by atoms with Crippen molar-refractivity contribution in [3.05, 3.63) is 29.3 Å². The third-order valence-electron chi connectivity index (χ3n) is 5.60. The summed E-state index contributed by atoms with van der Waals surface area (Å²) in [6.07, 6.45) is 2.78. The summed E-state index contributed by atoms with van der Waals surface area (Å²) in [5.41, 5.74) is -0.479. The van der Waals surface area contributed by atoms with Crippen LogP contribution in [0.15, 0.2) is 18.2 Å². The zero-order chi connectivity index (χ0) is 17.2. The van der Waals surface area contributed by atoms with Crippen LogP contribution in [-0.2, 0) is 9.59 Å². The van der Waals surface area contributed by atoms with Crippen molar-refractivity contribution in [3.63, 3.8) is 0 Å². The van der Waals surface area contributed by atoms with Crippen LogP contribution in [-0.4, -0.2) is 34.0 Å². The minimum atomic E-state index is -1.31. The summed E-state index contributed by atoms with van der Waals surface area (Å²) >= 11 is 0. The van der Waals surface area contributed by atoms with Gasteiger partial charge >= 0.3 is 11.9 Å². The van der Waals surface area contributed by atoms with Crippen LogP contribution in [0.25, 0.3) is 0 Å². The Balaban J connectivity index is 1.79. The number of hydrogen-bond acceptors (Lipinski definition) is 4. The molecule has 7 heteroatoms. The number of carboxylic acids is 2. The Labute approximate surface area is 136 Å². The molecule has 7 nitrogen and oxygen atoms in total. The SMILES string of the molecule is O=C(O)c1cc(C(=O)O)cc(N2C(=O)[C@@H]3[C@H]4CC[C@@H](C4)[C@@H]3C2=O)c1. The van der Waals surface area contributed by atoms with Gasteiger partial charge in [0.05, 0.1) is 28.7 Å². The van der Waals surface area contributed by atoms with Crippen LogP contribution < -0.4 is 4.90 Å². The van der Waals surface area contributed by atoms with Crippen LogP contribution in [0.3, 0.4) is 0 Å². The maximum atomic E-state index is 12.8. The van der Waals surface area contributed by atoms with Crippen molar-refractivity contribution in [3.8, 4) is 0 Å². The highest BCUT2D eigenvalue weighted by atomic mass is 16.4. The van der Waals surface area contributed by atoms with E-state index in [0.29, 0.717) is 0 Å². The molecule has 3 fully saturated rings. The monoisotopic (exact) mass is 329 g/mol. The van der Waals surface area contributed by atoms with E-state index in [0.717, 1.165) is 30.2 Å². The van der Waals surface area contributed by atoms with Gasteiger partial charge in [-0.15, -0.1) is 0 Å². The lowest BCUT2D eigenvalue weighted by atomic mass is 9.81. The van der Waals surface area contributed by atoms with Crippen molar-refractivity contribution >= 4 is 29.4 Å². The van der Waals surface area contributed by atoms with Crippen LogP contribution in [0, 0.1) is 23.7 Å². The molecule has 2 amide bonds. The Morgan fingerprint density at radius 3 is 1.75 bits per heavy atom. The van der Waals surface area contributed by atoms with E-state index in [1.807, 2.05) is 0 Å². The summed E-state index contributed by atoms with van der Waals surface area (Å²) in [6, 6.07) is 3.39. The lowest BCUT2D eigenvalue weighted by molar-refractivity contribution is -0.123. The van der Waals surface area contributed by atoms with Crippen molar-refractivity contribution in [2.45, 2.75) is 19.3 Å². The Morgan fingerprint density at radius 2 is 1.33 bits per heavy atom. The van der Waals surface area contributed by atoms with Gasteiger partial charge in [0.15, 0.2) is 0 Å². The minimum absolute atomic E-state index is 0.0381. The number of nitrogens with zero attached hydrogens (tertiary/aromatic N) is 1. The number of amides is 2. The van der Waals surface area contributed by atoms with Crippen LogP contribution in [0.2, 0.25) is 0 Å². The molecule has 1 heterocycles. The molecular weight excluding hydrogens is 314 g/mol. The number of aromatic carboxylic acids is 2. The predicted molar refractivity (Wildman–Crippen MR) is 80.7 cm³/mol. The molecule has 0 unspecified atom stereocenters. The Kier molecular flexibility index (Phi) is 3.03. The van der Waals surface area contributed by atoms with Gasteiger partial charge in [0.2, 0.25) is 11.8 Å². The quantitative estimate of drug-likeness (QED) is 0.815. The van der Waals surface area contributed by atoms with E-state index in [-0.39, 0.29) is 52.3 Å². The standard InChI is InChI=1S/C17H15NO6/c19-14-12-7-1-2-8(3-7)13(12)15(20)18(14)11-5-9(16(21)22)4-10(6-11)17(23)24/h4-8,12-13H,1-3H2,(H,21,22)(H,23,24)/t7-,8-,12-,13+/m0/s1. The van der Waals surface area contributed by atoms with Gasteiger partial charge in [0.1, 0.15) is 0 Å². The molecule has 24 heavy (non-hydrogen) atoms. The molecule has 2 bridgehead atoms. The van der Waals surface area contributed by atoms with Crippen molar-refractivity contribution in [1.82, 2.24) is 0 Å². The lowest BCUT2D eigenvalue weighted by Gasteiger charge is -2.19. The molecule has 1 saturated heterocycles. The molecule has 0 spiro atoms. The largest absolute Gasteiger partial charge is 0.478 e. The molecule has 1 aromatic rings. The molecule has 1 aliphatic heterocycles. The van der Waals surface area contributed by atoms with Crippen molar-refractivity contribution in [2.75, 3.05) is 4.90 Å². The van der Waals surface area contributed by atoms with Crippen LogP contribution >= 0.6 is 0 Å². The van der Waals surface area contributed by atoms with Gasteiger partial charge in [0, 0.05) is 0 Å². The van der Waals surface area contributed by atoms with Gasteiger partial charge in [-0.3, -0.25) is 9.59 Å². The van der Waals surface area contributed by atoms with E-state index in [9.17, 15) is 19.2 Å². The first kappa shape index (κ1) is 14.9. The molecule has 124 valence electrons. The third-order valence-corrected chi connectivity index (χ3v) is 5.60. The number of imide groups is 1. The fourth-order valence-electron chi connectivity index (χ4n) is 4.65. The maximum absolute atomic E-state index is 12.8. The second-order valence-corrected chi connectivity index (χ2v) is 6.78. The van der Waals surface area contributed by atoms with Crippen LogP contribution in [0.4, 0.5) is 5.69 Å². The summed E-state index contributed by atoms with van der Waals surface area (Å²) in [5.74, 6) is -3.51. The Hall–Kier alpha value is -2.70. The summed E-state index contributed by atoms with van der Waals surface area (Å²) in [6.45, 7) is 0. The maximum Gasteiger partial charge on any atom is 0.335 e. The van der Waals surface area contributed by atoms with Crippen LogP contribution in [0.1, 0.15) is 40.0 Å². The highest BCUT2D eigenvalue weighted by Crippen LogP contribution is 2.56. The zero-order valence-corrected chi connectivity index (χ0v) is 12.6. The van der Waals surface area contributed by atoms with Gasteiger partial charge in [-0.25, -0.2) is 14.5 Å². The molecule has 0 radical (unpaired) electrons. The molecule has 2 aliphatic carbocycles. The van der Waals surface area contributed by atoms with Crippen LogP contribution in [0.5, 0.6) is 0 Å². The number of carboxylic acid groups (broad SMARTS) is 2. The zero-order valence-electron chi connectivity index (χ0n) is 12.6. The summed E-state index contributed by atoms with van der Waals surface area (Å²) in [4.78, 5) is 49.0. The molecule has 2 saturated carbocycles. The molecule has 1 aromatic carbocycles. The second-order valence-electron chi connectivity index (χ2n) is 6.78. The van der Waals surface area contributed by atoms with E-state index in [1.54, 1.807) is 0 Å². The highest BCUT2D eigenvalue weighted by Gasteiger charge is 2.61. The number of carbonyl (C=O) groups excluding carboxylic acids is 2. The summed E-state index contributed by atoms with van der Waals surface area (Å²) < 4.78 is 0. The molecule has 4 atom stereocenters. The first-order chi connectivity index (χ1) is 11.4. The molecule has 2 N–H and O–H groups in total. The number of rotatable bonds is 3. The topological polar surface area (TPSA) is 112 Å². The van der Waals surface area contributed by atoms with Gasteiger partial charge < -0.3 is 10.2 Å². The second kappa shape index (κ2) is 4.90. The Morgan fingerprint density at radius 1 is 0.875 bits per heavy atom.